The molecule has 4 aromatic rings. The van der Waals surface area contributed by atoms with E-state index in [9.17, 15) is 22.8 Å². The molecule has 0 aromatic carbocycles. The highest BCUT2D eigenvalue weighted by molar-refractivity contribution is 7.13. The first-order valence-corrected chi connectivity index (χ1v) is 14.2. The third-order valence-electron chi connectivity index (χ3n) is 6.58. The second kappa shape index (κ2) is 12.9. The summed E-state index contributed by atoms with van der Waals surface area (Å²) in [5, 5.41) is 12.1. The van der Waals surface area contributed by atoms with E-state index in [1.54, 1.807) is 13.0 Å². The van der Waals surface area contributed by atoms with Gasteiger partial charge >= 0.3 is 18.0 Å². The fourth-order valence-corrected chi connectivity index (χ4v) is 5.19. The predicted molar refractivity (Wildman–Crippen MR) is 152 cm³/mol. The molecule has 0 spiro atoms. The molecule has 0 radical (unpaired) electrons. The molecule has 5 heterocycles. The van der Waals surface area contributed by atoms with Gasteiger partial charge in [0, 0.05) is 73.7 Å². The number of carbonyl (C=O) groups is 1. The molecule has 43 heavy (non-hydrogen) atoms. The van der Waals surface area contributed by atoms with Gasteiger partial charge in [0.15, 0.2) is 5.69 Å². The number of rotatable bonds is 9. The van der Waals surface area contributed by atoms with Crippen molar-refractivity contribution >= 4 is 23.2 Å². The number of hydrogen-bond acceptors (Lipinski definition) is 11. The quantitative estimate of drug-likeness (QED) is 0.254. The molecule has 0 unspecified atom stereocenters. The van der Waals surface area contributed by atoms with Crippen LogP contribution in [0.1, 0.15) is 12.6 Å². The van der Waals surface area contributed by atoms with Crippen LogP contribution >= 0.6 is 11.3 Å². The number of thiazole rings is 1. The number of anilines is 1. The Morgan fingerprint density at radius 1 is 1.14 bits per heavy atom. The number of urea groups is 1. The molecule has 228 valence electrons. The van der Waals surface area contributed by atoms with E-state index in [2.05, 4.69) is 52.6 Å². The lowest BCUT2D eigenvalue weighted by Gasteiger charge is -2.32. The highest BCUT2D eigenvalue weighted by Crippen LogP contribution is 2.41. The van der Waals surface area contributed by atoms with Gasteiger partial charge < -0.3 is 19.4 Å². The number of aromatic amines is 1. The molecular weight excluding hydrogens is 591 g/mol. The van der Waals surface area contributed by atoms with Gasteiger partial charge in [-0.3, -0.25) is 10.2 Å². The lowest BCUT2D eigenvalue weighted by Crippen LogP contribution is -2.45. The minimum Gasteiger partial charge on any atom is -0.476 e. The summed E-state index contributed by atoms with van der Waals surface area (Å²) < 4.78 is 51.6. The average Bonchev–Trinajstić information content (AvgIpc) is 3.64. The maximum absolute atomic E-state index is 13.5. The molecule has 5 rings (SSSR count). The molecule has 0 bridgehead atoms. The first-order chi connectivity index (χ1) is 20.6. The Morgan fingerprint density at radius 2 is 1.93 bits per heavy atom. The number of piperazine rings is 1. The fourth-order valence-electron chi connectivity index (χ4n) is 4.34. The summed E-state index contributed by atoms with van der Waals surface area (Å²) in [6.07, 6.45) is -1.85. The van der Waals surface area contributed by atoms with Crippen molar-refractivity contribution in [1.82, 2.24) is 40.3 Å². The van der Waals surface area contributed by atoms with Gasteiger partial charge in [-0.15, -0.1) is 16.4 Å². The van der Waals surface area contributed by atoms with Crippen LogP contribution in [0.3, 0.4) is 0 Å². The van der Waals surface area contributed by atoms with Crippen molar-refractivity contribution in [2.75, 3.05) is 58.2 Å². The monoisotopic (exact) mass is 619 g/mol. The Hall–Kier alpha value is -4.35. The van der Waals surface area contributed by atoms with Crippen molar-refractivity contribution < 1.29 is 27.1 Å². The lowest BCUT2D eigenvalue weighted by atomic mass is 10.0. The standard InChI is InChI=1S/C26H28F3N9O4S/c1-3-30-24(39)34-20-11-17(23-33-19(14-43-23)26(27,28)29)18(13-31-20)16-10-15(21-35-36-25(40)42-21)12-32-22(16)41-9-8-38-6-4-37(2)5-7-38/h10-14H,3-9H2,1-2H3,(H,36,40)(H2,30,31,34,39). The topological polar surface area (TPSA) is 154 Å². The summed E-state index contributed by atoms with van der Waals surface area (Å²) in [6.45, 7) is 6.66. The molecule has 1 aliphatic heterocycles. The van der Waals surface area contributed by atoms with Crippen LogP contribution in [0.15, 0.2) is 39.1 Å². The summed E-state index contributed by atoms with van der Waals surface area (Å²) in [7, 11) is 2.07. The summed E-state index contributed by atoms with van der Waals surface area (Å²) in [5.41, 5.74) is 0.171. The van der Waals surface area contributed by atoms with Crippen molar-refractivity contribution in [3.8, 4) is 39.0 Å². The summed E-state index contributed by atoms with van der Waals surface area (Å²) in [5.74, 6) is -0.542. The first-order valence-electron chi connectivity index (χ1n) is 13.3. The van der Waals surface area contributed by atoms with E-state index in [0.29, 0.717) is 29.8 Å². The Bertz CT molecular complexity index is 1630. The molecule has 2 amide bonds. The van der Waals surface area contributed by atoms with E-state index in [1.165, 1.54) is 18.5 Å². The molecule has 13 nitrogen and oxygen atoms in total. The van der Waals surface area contributed by atoms with Gasteiger partial charge in [0.1, 0.15) is 17.4 Å². The van der Waals surface area contributed by atoms with Gasteiger partial charge in [0.05, 0.1) is 5.56 Å². The largest absolute Gasteiger partial charge is 0.476 e. The zero-order valence-electron chi connectivity index (χ0n) is 23.2. The number of pyridine rings is 2. The van der Waals surface area contributed by atoms with Crippen molar-refractivity contribution in [2.24, 2.45) is 0 Å². The van der Waals surface area contributed by atoms with E-state index >= 15 is 0 Å². The summed E-state index contributed by atoms with van der Waals surface area (Å²) in [4.78, 5) is 40.9. The molecule has 17 heteroatoms. The molecule has 1 saturated heterocycles. The Kier molecular flexibility index (Phi) is 9.02. The second-order valence-corrected chi connectivity index (χ2v) is 10.5. The Morgan fingerprint density at radius 3 is 2.60 bits per heavy atom. The minimum absolute atomic E-state index is 0.0313. The van der Waals surface area contributed by atoms with Crippen LogP contribution in [0.25, 0.3) is 33.2 Å². The molecule has 0 aliphatic carbocycles. The van der Waals surface area contributed by atoms with Crippen LogP contribution in [0.4, 0.5) is 23.8 Å². The van der Waals surface area contributed by atoms with Crippen LogP contribution in [0.2, 0.25) is 0 Å². The summed E-state index contributed by atoms with van der Waals surface area (Å²) >= 11 is 0.787. The van der Waals surface area contributed by atoms with Gasteiger partial charge in [-0.1, -0.05) is 0 Å². The molecular formula is C26H28F3N9O4S. The summed E-state index contributed by atoms with van der Waals surface area (Å²) in [6, 6.07) is 2.49. The molecule has 3 N–H and O–H groups in total. The van der Waals surface area contributed by atoms with E-state index < -0.39 is 23.7 Å². The Balaban J connectivity index is 1.56. The minimum atomic E-state index is -4.65. The molecule has 0 saturated carbocycles. The van der Waals surface area contributed by atoms with Crippen LogP contribution < -0.4 is 21.1 Å². The Labute approximate surface area is 247 Å². The molecule has 1 aliphatic rings. The van der Waals surface area contributed by atoms with E-state index in [1.807, 2.05) is 0 Å². The van der Waals surface area contributed by atoms with E-state index in [0.717, 1.165) is 42.9 Å². The van der Waals surface area contributed by atoms with Crippen LogP contribution in [0.5, 0.6) is 5.88 Å². The normalized spacial score (nSPS) is 14.5. The van der Waals surface area contributed by atoms with Gasteiger partial charge in [-0.2, -0.15) is 13.2 Å². The fraction of sp³-hybridized carbons (Fsp3) is 0.385. The number of likely N-dealkylation sites (N-methyl/N-ethyl adjacent to an activating group) is 1. The van der Waals surface area contributed by atoms with Crippen molar-refractivity contribution in [1.29, 1.82) is 0 Å². The molecule has 1 fully saturated rings. The number of ether oxygens (including phenoxy) is 1. The number of amides is 2. The van der Waals surface area contributed by atoms with Gasteiger partial charge in [-0.25, -0.2) is 29.6 Å². The zero-order valence-corrected chi connectivity index (χ0v) is 24.0. The van der Waals surface area contributed by atoms with E-state index in [-0.39, 0.29) is 34.8 Å². The number of nitrogens with one attached hydrogen (secondary N) is 3. The van der Waals surface area contributed by atoms with Crippen molar-refractivity contribution in [2.45, 2.75) is 13.1 Å². The number of aromatic nitrogens is 5. The smallest absolute Gasteiger partial charge is 0.434 e. The molecule has 4 aromatic heterocycles. The number of hydrogen-bond donors (Lipinski definition) is 3. The number of nitrogens with zero attached hydrogens (tertiary/aromatic N) is 6. The number of alkyl halides is 3. The molecule has 0 atom stereocenters. The van der Waals surface area contributed by atoms with Gasteiger partial charge in [0.2, 0.25) is 5.88 Å². The van der Waals surface area contributed by atoms with E-state index in [4.69, 9.17) is 9.15 Å². The van der Waals surface area contributed by atoms with Crippen molar-refractivity contribution in [3.63, 3.8) is 0 Å². The first kappa shape index (κ1) is 30.1. The highest BCUT2D eigenvalue weighted by Gasteiger charge is 2.34. The van der Waals surface area contributed by atoms with Crippen LogP contribution in [-0.2, 0) is 6.18 Å². The van der Waals surface area contributed by atoms with Crippen LogP contribution in [0, 0.1) is 0 Å². The average molecular weight is 620 g/mol. The number of halogens is 3. The lowest BCUT2D eigenvalue weighted by molar-refractivity contribution is -0.140. The number of carbonyl (C=O) groups excluding carboxylic acids is 1. The van der Waals surface area contributed by atoms with Gasteiger partial charge in [0.25, 0.3) is 5.89 Å². The van der Waals surface area contributed by atoms with Crippen LogP contribution in [-0.4, -0.2) is 93.9 Å². The third-order valence-corrected chi connectivity index (χ3v) is 7.45. The van der Waals surface area contributed by atoms with Gasteiger partial charge in [-0.05, 0) is 26.1 Å². The van der Waals surface area contributed by atoms with Crippen molar-refractivity contribution in [3.05, 3.63) is 46.2 Å². The zero-order chi connectivity index (χ0) is 30.6. The third kappa shape index (κ3) is 7.36. The maximum atomic E-state index is 13.5. The second-order valence-electron chi connectivity index (χ2n) is 9.62. The maximum Gasteiger partial charge on any atom is 0.434 e. The highest BCUT2D eigenvalue weighted by atomic mass is 32.1. The number of H-pyrrole nitrogens is 1. The predicted octanol–water partition coefficient (Wildman–Crippen LogP) is 3.40. The SMILES string of the molecule is CCNC(=O)Nc1cc(-c2nc(C(F)(F)F)cs2)c(-c2cc(-c3n[nH]c(=O)o3)cnc2OCCN2CCN(C)CC2)cn1.